The molecule has 1 N–H and O–H groups in total. The molecule has 0 aliphatic rings. The van der Waals surface area contributed by atoms with Gasteiger partial charge >= 0.3 is 11.9 Å². The molecule has 1 atom stereocenters. The van der Waals surface area contributed by atoms with Gasteiger partial charge < -0.3 is 9.84 Å². The molecule has 0 aromatic rings. The van der Waals surface area contributed by atoms with Crippen molar-refractivity contribution >= 4 is 11.9 Å². The standard InChI is InChI=1S/C13H22O6/c1-6-7-11(18-19-13(3,4)5)17-12(16)9(2)8-10(14)15/h11H,2,6-8H2,1,3-5H3,(H,14,15). The normalized spacial score (nSPS) is 12.8. The van der Waals surface area contributed by atoms with Gasteiger partial charge in [-0.15, -0.1) is 0 Å². The Hall–Kier alpha value is -1.40. The van der Waals surface area contributed by atoms with Crippen LogP contribution in [-0.2, 0) is 24.1 Å². The number of carbonyl (C=O) groups is 2. The SMILES string of the molecule is C=C(CC(=O)O)C(=O)OC(CCC)OOC(C)(C)C. The molecule has 0 radical (unpaired) electrons. The highest BCUT2D eigenvalue weighted by atomic mass is 17.2. The minimum atomic E-state index is -1.14. The number of carbonyl (C=O) groups excluding carboxylic acids is 1. The van der Waals surface area contributed by atoms with Gasteiger partial charge in [-0.3, -0.25) is 4.79 Å². The number of carboxylic acids is 1. The van der Waals surface area contributed by atoms with Crippen molar-refractivity contribution < 1.29 is 29.2 Å². The monoisotopic (exact) mass is 274 g/mol. The number of ether oxygens (including phenoxy) is 1. The minimum Gasteiger partial charge on any atom is -0.481 e. The van der Waals surface area contributed by atoms with Gasteiger partial charge in [0.15, 0.2) is 0 Å². The molecular formula is C13H22O6. The highest BCUT2D eigenvalue weighted by Gasteiger charge is 2.21. The molecule has 6 nitrogen and oxygen atoms in total. The average molecular weight is 274 g/mol. The van der Waals surface area contributed by atoms with Gasteiger partial charge in [0.25, 0.3) is 0 Å². The Morgan fingerprint density at radius 1 is 1.32 bits per heavy atom. The molecule has 1 unspecified atom stereocenters. The van der Waals surface area contributed by atoms with Crippen LogP contribution in [0.1, 0.15) is 47.0 Å². The summed E-state index contributed by atoms with van der Waals surface area (Å²) in [4.78, 5) is 32.1. The van der Waals surface area contributed by atoms with E-state index in [9.17, 15) is 9.59 Å². The van der Waals surface area contributed by atoms with E-state index in [1.54, 1.807) is 20.8 Å². The molecule has 0 aromatic heterocycles. The van der Waals surface area contributed by atoms with Gasteiger partial charge in [0, 0.05) is 12.0 Å². The zero-order chi connectivity index (χ0) is 15.1. The Kier molecular flexibility index (Phi) is 7.33. The van der Waals surface area contributed by atoms with Crippen LogP contribution in [-0.4, -0.2) is 28.9 Å². The summed E-state index contributed by atoms with van der Waals surface area (Å²) in [5.74, 6) is -1.93. The predicted molar refractivity (Wildman–Crippen MR) is 68.1 cm³/mol. The van der Waals surface area contributed by atoms with Gasteiger partial charge in [-0.1, -0.05) is 19.9 Å². The maximum Gasteiger partial charge on any atom is 0.336 e. The number of hydrogen-bond donors (Lipinski definition) is 1. The second-order valence-electron chi connectivity index (χ2n) is 5.09. The Labute approximate surface area is 113 Å². The van der Waals surface area contributed by atoms with Crippen molar-refractivity contribution in [1.82, 2.24) is 0 Å². The Bertz CT molecular complexity index is 329. The van der Waals surface area contributed by atoms with Crippen LogP contribution in [0.3, 0.4) is 0 Å². The summed E-state index contributed by atoms with van der Waals surface area (Å²) in [6.45, 7) is 10.6. The maximum atomic E-state index is 11.6. The molecule has 0 heterocycles. The van der Waals surface area contributed by atoms with E-state index in [2.05, 4.69) is 6.58 Å². The highest BCUT2D eigenvalue weighted by Crippen LogP contribution is 2.14. The third-order valence-corrected chi connectivity index (χ3v) is 1.82. The number of carboxylic acid groups (broad SMARTS) is 1. The van der Waals surface area contributed by atoms with Crippen LogP contribution in [0.25, 0.3) is 0 Å². The van der Waals surface area contributed by atoms with Crippen molar-refractivity contribution in [3.63, 3.8) is 0 Å². The molecule has 0 aliphatic carbocycles. The first-order valence-electron chi connectivity index (χ1n) is 6.10. The molecule has 0 aliphatic heterocycles. The quantitative estimate of drug-likeness (QED) is 0.241. The van der Waals surface area contributed by atoms with Crippen LogP contribution in [0, 0.1) is 0 Å². The summed E-state index contributed by atoms with van der Waals surface area (Å²) in [6.07, 6.45) is -0.168. The van der Waals surface area contributed by atoms with Crippen LogP contribution in [0.4, 0.5) is 0 Å². The fraction of sp³-hybridized carbons (Fsp3) is 0.692. The second kappa shape index (κ2) is 7.91. The minimum absolute atomic E-state index is 0.132. The predicted octanol–water partition coefficient (Wildman–Crippen LogP) is 2.43. The van der Waals surface area contributed by atoms with E-state index < -0.39 is 30.3 Å². The van der Waals surface area contributed by atoms with Crippen molar-refractivity contribution in [3.8, 4) is 0 Å². The Morgan fingerprint density at radius 2 is 1.89 bits per heavy atom. The summed E-state index contributed by atoms with van der Waals surface area (Å²) in [5.41, 5.74) is -0.663. The number of rotatable bonds is 8. The molecule has 19 heavy (non-hydrogen) atoms. The summed E-state index contributed by atoms with van der Waals surface area (Å²) < 4.78 is 5.00. The summed E-state index contributed by atoms with van der Waals surface area (Å²) in [5, 5.41) is 8.56. The molecule has 0 spiro atoms. The van der Waals surface area contributed by atoms with Crippen molar-refractivity contribution in [3.05, 3.63) is 12.2 Å². The molecular weight excluding hydrogens is 252 g/mol. The topological polar surface area (TPSA) is 82.1 Å². The molecule has 0 aromatic carbocycles. The molecule has 6 heteroatoms. The second-order valence-corrected chi connectivity index (χ2v) is 5.09. The van der Waals surface area contributed by atoms with E-state index in [0.29, 0.717) is 6.42 Å². The zero-order valence-corrected chi connectivity index (χ0v) is 11.9. The average Bonchev–Trinajstić information content (AvgIpc) is 2.24. The van der Waals surface area contributed by atoms with Gasteiger partial charge in [-0.05, 0) is 20.8 Å². The summed E-state index contributed by atoms with van der Waals surface area (Å²) >= 11 is 0. The molecule has 110 valence electrons. The number of aliphatic carboxylic acids is 1. The summed E-state index contributed by atoms with van der Waals surface area (Å²) in [7, 11) is 0. The van der Waals surface area contributed by atoms with Gasteiger partial charge in [0.1, 0.15) is 0 Å². The van der Waals surface area contributed by atoms with Crippen molar-refractivity contribution in [1.29, 1.82) is 0 Å². The third kappa shape index (κ3) is 9.21. The lowest BCUT2D eigenvalue weighted by atomic mass is 10.2. The van der Waals surface area contributed by atoms with E-state index >= 15 is 0 Å². The van der Waals surface area contributed by atoms with Gasteiger partial charge in [-0.25, -0.2) is 9.68 Å². The van der Waals surface area contributed by atoms with Gasteiger partial charge in [0.2, 0.25) is 6.29 Å². The lowest BCUT2D eigenvalue weighted by Crippen LogP contribution is -2.28. The van der Waals surface area contributed by atoms with Gasteiger partial charge in [0.05, 0.1) is 12.0 Å². The van der Waals surface area contributed by atoms with Gasteiger partial charge in [-0.2, -0.15) is 4.89 Å². The van der Waals surface area contributed by atoms with Crippen molar-refractivity contribution in [2.45, 2.75) is 58.8 Å². The molecule has 0 fully saturated rings. The van der Waals surface area contributed by atoms with Crippen LogP contribution in [0.5, 0.6) is 0 Å². The molecule has 0 bridgehead atoms. The Morgan fingerprint density at radius 3 is 2.32 bits per heavy atom. The summed E-state index contributed by atoms with van der Waals surface area (Å²) in [6, 6.07) is 0. The first-order valence-corrected chi connectivity index (χ1v) is 6.10. The first kappa shape index (κ1) is 17.6. The van der Waals surface area contributed by atoms with Crippen molar-refractivity contribution in [2.24, 2.45) is 0 Å². The number of hydrogen-bond acceptors (Lipinski definition) is 5. The van der Waals surface area contributed by atoms with E-state index in [1.807, 2.05) is 6.92 Å². The lowest BCUT2D eigenvalue weighted by molar-refractivity contribution is -0.409. The third-order valence-electron chi connectivity index (χ3n) is 1.82. The number of esters is 1. The van der Waals surface area contributed by atoms with E-state index in [-0.39, 0.29) is 5.57 Å². The van der Waals surface area contributed by atoms with E-state index in [0.717, 1.165) is 6.42 Å². The smallest absolute Gasteiger partial charge is 0.336 e. The zero-order valence-electron chi connectivity index (χ0n) is 11.9. The van der Waals surface area contributed by atoms with E-state index in [4.69, 9.17) is 19.6 Å². The lowest BCUT2D eigenvalue weighted by Gasteiger charge is -2.23. The van der Waals surface area contributed by atoms with Crippen molar-refractivity contribution in [2.75, 3.05) is 0 Å². The maximum absolute atomic E-state index is 11.6. The molecule has 0 rings (SSSR count). The molecule has 0 saturated heterocycles. The largest absolute Gasteiger partial charge is 0.481 e. The fourth-order valence-corrected chi connectivity index (χ4v) is 1.02. The fourth-order valence-electron chi connectivity index (χ4n) is 1.02. The van der Waals surface area contributed by atoms with Crippen LogP contribution < -0.4 is 0 Å². The van der Waals surface area contributed by atoms with Crippen LogP contribution in [0.2, 0.25) is 0 Å². The molecule has 0 amide bonds. The van der Waals surface area contributed by atoms with Crippen LogP contribution in [0.15, 0.2) is 12.2 Å². The van der Waals surface area contributed by atoms with Crippen LogP contribution >= 0.6 is 0 Å². The Balaban J connectivity index is 4.36. The highest BCUT2D eigenvalue weighted by molar-refractivity contribution is 5.92. The first-order chi connectivity index (χ1) is 8.65. The van der Waals surface area contributed by atoms with E-state index in [1.165, 1.54) is 0 Å². The molecule has 0 saturated carbocycles.